The molecule has 34 heavy (non-hydrogen) atoms. The van der Waals surface area contributed by atoms with Crippen molar-refractivity contribution in [2.75, 3.05) is 31.7 Å². The fourth-order valence-electron chi connectivity index (χ4n) is 3.75. The third-order valence-corrected chi connectivity index (χ3v) is 5.22. The van der Waals surface area contributed by atoms with E-state index in [1.54, 1.807) is 6.92 Å². The standard InChI is InChI=1S/C26H33N3O5/c1-6-32-20-14-10-19(11-15-20)29(5)16-22-23(25(30)33-7-2)24(28-26(31)27-22)18-8-12-21(13-9-18)34-17(3)4/h8-15,17,24H,6-7,16H2,1-5H3,(H2,27,28,31)/t24-/m1/s1. The molecule has 1 atom stereocenters. The maximum absolute atomic E-state index is 13.0. The van der Waals surface area contributed by atoms with Crippen LogP contribution in [0.1, 0.15) is 39.3 Å². The summed E-state index contributed by atoms with van der Waals surface area (Å²) in [6, 6.07) is 14.0. The van der Waals surface area contributed by atoms with Crippen molar-refractivity contribution in [2.45, 2.75) is 39.8 Å². The molecular formula is C26H33N3O5. The minimum Gasteiger partial charge on any atom is -0.494 e. The minimum absolute atomic E-state index is 0.0455. The second-order valence-electron chi connectivity index (χ2n) is 8.16. The van der Waals surface area contributed by atoms with Gasteiger partial charge in [0.2, 0.25) is 0 Å². The quantitative estimate of drug-likeness (QED) is 0.510. The summed E-state index contributed by atoms with van der Waals surface area (Å²) in [7, 11) is 1.90. The van der Waals surface area contributed by atoms with Crippen molar-refractivity contribution in [1.82, 2.24) is 10.6 Å². The highest BCUT2D eigenvalue weighted by atomic mass is 16.5. The first-order valence-electron chi connectivity index (χ1n) is 11.5. The van der Waals surface area contributed by atoms with Crippen molar-refractivity contribution >= 4 is 17.7 Å². The zero-order chi connectivity index (χ0) is 24.7. The van der Waals surface area contributed by atoms with Gasteiger partial charge in [-0.05, 0) is 69.7 Å². The molecule has 2 N–H and O–H groups in total. The predicted octanol–water partition coefficient (Wildman–Crippen LogP) is 4.18. The highest BCUT2D eigenvalue weighted by Crippen LogP contribution is 2.30. The monoisotopic (exact) mass is 467 g/mol. The van der Waals surface area contributed by atoms with Crippen molar-refractivity contribution < 1.29 is 23.8 Å². The fraction of sp³-hybridized carbons (Fsp3) is 0.385. The molecule has 8 nitrogen and oxygen atoms in total. The van der Waals surface area contributed by atoms with E-state index < -0.39 is 12.0 Å². The molecule has 0 saturated heterocycles. The Labute approximate surface area is 200 Å². The predicted molar refractivity (Wildman–Crippen MR) is 131 cm³/mol. The Bertz CT molecular complexity index is 1020. The van der Waals surface area contributed by atoms with E-state index in [-0.39, 0.29) is 18.7 Å². The molecule has 3 rings (SSSR count). The van der Waals surface area contributed by atoms with Crippen LogP contribution in [-0.4, -0.2) is 44.9 Å². The topological polar surface area (TPSA) is 89.1 Å². The van der Waals surface area contributed by atoms with Gasteiger partial charge in [0, 0.05) is 12.7 Å². The Morgan fingerprint density at radius 3 is 2.24 bits per heavy atom. The van der Waals surface area contributed by atoms with Crippen LogP contribution in [-0.2, 0) is 9.53 Å². The van der Waals surface area contributed by atoms with E-state index in [9.17, 15) is 9.59 Å². The zero-order valence-electron chi connectivity index (χ0n) is 20.4. The van der Waals surface area contributed by atoms with Crippen LogP contribution in [0.25, 0.3) is 0 Å². The Morgan fingerprint density at radius 1 is 1.00 bits per heavy atom. The molecule has 0 spiro atoms. The molecule has 2 aromatic rings. The van der Waals surface area contributed by atoms with Crippen molar-refractivity contribution in [3.63, 3.8) is 0 Å². The smallest absolute Gasteiger partial charge is 0.338 e. The number of nitrogens with zero attached hydrogens (tertiary/aromatic N) is 1. The van der Waals surface area contributed by atoms with E-state index in [0.29, 0.717) is 24.4 Å². The lowest BCUT2D eigenvalue weighted by Gasteiger charge is -2.31. The van der Waals surface area contributed by atoms with E-state index in [1.165, 1.54) is 0 Å². The number of esters is 1. The molecule has 0 radical (unpaired) electrons. The maximum atomic E-state index is 13.0. The number of anilines is 1. The van der Waals surface area contributed by atoms with Gasteiger partial charge in [0.25, 0.3) is 0 Å². The summed E-state index contributed by atoms with van der Waals surface area (Å²) < 4.78 is 16.6. The highest BCUT2D eigenvalue weighted by molar-refractivity contribution is 5.95. The Kier molecular flexibility index (Phi) is 8.40. The summed E-state index contributed by atoms with van der Waals surface area (Å²) in [6.07, 6.45) is 0.0455. The number of hydrogen-bond donors (Lipinski definition) is 2. The SMILES string of the molecule is CCOC(=O)C1=C(CN(C)c2ccc(OCC)cc2)NC(=O)N[C@@H]1c1ccc(OC(C)C)cc1. The van der Waals surface area contributed by atoms with Crippen LogP contribution in [0, 0.1) is 0 Å². The van der Waals surface area contributed by atoms with Gasteiger partial charge in [-0.1, -0.05) is 12.1 Å². The first-order valence-corrected chi connectivity index (χ1v) is 11.5. The average molecular weight is 468 g/mol. The Balaban J connectivity index is 1.93. The number of carbonyl (C=O) groups is 2. The molecule has 0 saturated carbocycles. The van der Waals surface area contributed by atoms with Crippen LogP contribution in [0.3, 0.4) is 0 Å². The minimum atomic E-state index is -0.648. The lowest BCUT2D eigenvalue weighted by molar-refractivity contribution is -0.139. The van der Waals surface area contributed by atoms with Crippen molar-refractivity contribution in [2.24, 2.45) is 0 Å². The summed E-state index contributed by atoms with van der Waals surface area (Å²) in [5.74, 6) is 1.03. The van der Waals surface area contributed by atoms with E-state index in [4.69, 9.17) is 14.2 Å². The molecule has 2 aromatic carbocycles. The molecule has 2 amide bonds. The van der Waals surface area contributed by atoms with Gasteiger partial charge in [-0.2, -0.15) is 0 Å². The van der Waals surface area contributed by atoms with Gasteiger partial charge >= 0.3 is 12.0 Å². The van der Waals surface area contributed by atoms with Crippen molar-refractivity contribution in [3.8, 4) is 11.5 Å². The fourth-order valence-corrected chi connectivity index (χ4v) is 3.75. The molecule has 1 aliphatic heterocycles. The van der Waals surface area contributed by atoms with Gasteiger partial charge in [-0.25, -0.2) is 9.59 Å². The summed E-state index contributed by atoms with van der Waals surface area (Å²) in [5, 5.41) is 5.68. The summed E-state index contributed by atoms with van der Waals surface area (Å²) >= 11 is 0. The van der Waals surface area contributed by atoms with Crippen LogP contribution in [0.15, 0.2) is 59.8 Å². The number of nitrogens with one attached hydrogen (secondary N) is 2. The molecule has 0 aromatic heterocycles. The number of carbonyl (C=O) groups excluding carboxylic acids is 2. The molecule has 8 heteroatoms. The van der Waals surface area contributed by atoms with E-state index in [0.717, 1.165) is 22.7 Å². The molecule has 0 fully saturated rings. The van der Waals surface area contributed by atoms with Crippen LogP contribution < -0.4 is 25.0 Å². The number of rotatable bonds is 10. The van der Waals surface area contributed by atoms with Crippen LogP contribution >= 0.6 is 0 Å². The first-order chi connectivity index (χ1) is 16.3. The summed E-state index contributed by atoms with van der Waals surface area (Å²) in [5.41, 5.74) is 2.54. The average Bonchev–Trinajstić information content (AvgIpc) is 2.79. The van der Waals surface area contributed by atoms with E-state index in [1.807, 2.05) is 81.2 Å². The second kappa shape index (κ2) is 11.4. The Hall–Kier alpha value is -3.68. The van der Waals surface area contributed by atoms with Gasteiger partial charge in [-0.3, -0.25) is 0 Å². The lowest BCUT2D eigenvalue weighted by atomic mass is 9.95. The Morgan fingerprint density at radius 2 is 1.65 bits per heavy atom. The second-order valence-corrected chi connectivity index (χ2v) is 8.16. The van der Waals surface area contributed by atoms with E-state index in [2.05, 4.69) is 10.6 Å². The van der Waals surface area contributed by atoms with Gasteiger partial charge in [-0.15, -0.1) is 0 Å². The number of ether oxygens (including phenoxy) is 3. The maximum Gasteiger partial charge on any atom is 0.338 e. The molecular weight excluding hydrogens is 434 g/mol. The van der Waals surface area contributed by atoms with Crippen LogP contribution in [0.4, 0.5) is 10.5 Å². The van der Waals surface area contributed by atoms with Crippen LogP contribution in [0.5, 0.6) is 11.5 Å². The number of amides is 2. The van der Waals surface area contributed by atoms with E-state index >= 15 is 0 Å². The summed E-state index contributed by atoms with van der Waals surface area (Å²) in [4.78, 5) is 27.5. The van der Waals surface area contributed by atoms with Gasteiger partial charge in [0.1, 0.15) is 11.5 Å². The van der Waals surface area contributed by atoms with Crippen molar-refractivity contribution in [3.05, 3.63) is 65.4 Å². The highest BCUT2D eigenvalue weighted by Gasteiger charge is 2.34. The molecule has 182 valence electrons. The molecule has 0 aliphatic carbocycles. The van der Waals surface area contributed by atoms with Gasteiger partial charge < -0.3 is 29.7 Å². The summed E-state index contributed by atoms with van der Waals surface area (Å²) in [6.45, 7) is 8.73. The molecule has 1 heterocycles. The molecule has 0 bridgehead atoms. The number of urea groups is 1. The molecule has 0 unspecified atom stereocenters. The largest absolute Gasteiger partial charge is 0.494 e. The molecule has 1 aliphatic rings. The third kappa shape index (κ3) is 6.21. The first kappa shape index (κ1) is 25.0. The lowest BCUT2D eigenvalue weighted by Crippen LogP contribution is -2.48. The number of likely N-dealkylation sites (N-methyl/N-ethyl adjacent to an activating group) is 1. The normalized spacial score (nSPS) is 15.5. The number of benzene rings is 2. The van der Waals surface area contributed by atoms with Crippen LogP contribution in [0.2, 0.25) is 0 Å². The van der Waals surface area contributed by atoms with Gasteiger partial charge in [0.15, 0.2) is 0 Å². The number of hydrogen-bond acceptors (Lipinski definition) is 6. The van der Waals surface area contributed by atoms with Crippen molar-refractivity contribution in [1.29, 1.82) is 0 Å². The third-order valence-electron chi connectivity index (χ3n) is 5.22. The van der Waals surface area contributed by atoms with Gasteiger partial charge in [0.05, 0.1) is 43.2 Å². The zero-order valence-corrected chi connectivity index (χ0v) is 20.4.